The number of hydrogen-bond acceptors (Lipinski definition) is 6. The van der Waals surface area contributed by atoms with Gasteiger partial charge in [-0.25, -0.2) is 18.9 Å². The molecule has 130 valence electrons. The Labute approximate surface area is 143 Å². The molecule has 0 N–H and O–H groups in total. The van der Waals surface area contributed by atoms with Gasteiger partial charge in [0, 0.05) is 11.6 Å². The minimum Gasteiger partial charge on any atom is -0.492 e. The maximum Gasteiger partial charge on any atom is 0.401 e. The van der Waals surface area contributed by atoms with Gasteiger partial charge in [0.2, 0.25) is 5.88 Å². The molecule has 0 amide bonds. The van der Waals surface area contributed by atoms with Crippen LogP contribution in [0.25, 0.3) is 0 Å². The first-order valence-electron chi connectivity index (χ1n) is 7.58. The molecule has 3 aromatic rings. The van der Waals surface area contributed by atoms with Crippen molar-refractivity contribution < 1.29 is 23.1 Å². The summed E-state index contributed by atoms with van der Waals surface area (Å²) in [5.74, 6) is -0.507. The van der Waals surface area contributed by atoms with Gasteiger partial charge in [-0.1, -0.05) is 6.07 Å². The lowest BCUT2D eigenvalue weighted by molar-refractivity contribution is 0.0672. The SMILES string of the molecule is Cc1nn(CCOc2cccc(F)c2)c(OC(=O)c2ncco2)c1C. The Bertz CT molecular complexity index is 874. The largest absolute Gasteiger partial charge is 0.492 e. The van der Waals surface area contributed by atoms with E-state index >= 15 is 0 Å². The van der Waals surface area contributed by atoms with Gasteiger partial charge in [0.25, 0.3) is 0 Å². The van der Waals surface area contributed by atoms with Crippen molar-refractivity contribution in [3.05, 3.63) is 59.7 Å². The second kappa shape index (κ2) is 7.16. The molecular weight excluding hydrogens is 329 g/mol. The van der Waals surface area contributed by atoms with Crippen LogP contribution in [0, 0.1) is 19.7 Å². The molecule has 0 unspecified atom stereocenters. The van der Waals surface area contributed by atoms with E-state index < -0.39 is 5.97 Å². The van der Waals surface area contributed by atoms with Crippen LogP contribution in [0.2, 0.25) is 0 Å². The lowest BCUT2D eigenvalue weighted by atomic mass is 10.3. The maximum absolute atomic E-state index is 13.1. The van der Waals surface area contributed by atoms with Crippen molar-refractivity contribution in [1.82, 2.24) is 14.8 Å². The number of hydrogen-bond donors (Lipinski definition) is 0. The number of halogens is 1. The van der Waals surface area contributed by atoms with Crippen molar-refractivity contribution in [2.24, 2.45) is 0 Å². The zero-order valence-corrected chi connectivity index (χ0v) is 13.7. The van der Waals surface area contributed by atoms with Crippen LogP contribution in [-0.4, -0.2) is 27.3 Å². The highest BCUT2D eigenvalue weighted by atomic mass is 19.1. The van der Waals surface area contributed by atoms with Gasteiger partial charge in [-0.2, -0.15) is 5.10 Å². The highest BCUT2D eigenvalue weighted by molar-refractivity contribution is 5.86. The van der Waals surface area contributed by atoms with Gasteiger partial charge in [-0.15, -0.1) is 0 Å². The number of rotatable bonds is 6. The number of carbonyl (C=O) groups is 1. The van der Waals surface area contributed by atoms with Crippen LogP contribution in [0.1, 0.15) is 21.9 Å². The Morgan fingerprint density at radius 3 is 2.92 bits per heavy atom. The van der Waals surface area contributed by atoms with Crippen molar-refractivity contribution in [3.8, 4) is 11.6 Å². The fourth-order valence-electron chi connectivity index (χ4n) is 2.19. The second-order valence-corrected chi connectivity index (χ2v) is 5.27. The minimum atomic E-state index is -0.708. The number of oxazole rings is 1. The van der Waals surface area contributed by atoms with Gasteiger partial charge in [-0.05, 0) is 26.0 Å². The molecule has 0 saturated heterocycles. The molecule has 8 heteroatoms. The van der Waals surface area contributed by atoms with E-state index in [1.807, 2.05) is 6.92 Å². The Balaban J connectivity index is 1.69. The van der Waals surface area contributed by atoms with Gasteiger partial charge >= 0.3 is 11.9 Å². The highest BCUT2D eigenvalue weighted by Crippen LogP contribution is 2.22. The van der Waals surface area contributed by atoms with E-state index in [0.29, 0.717) is 18.2 Å². The van der Waals surface area contributed by atoms with E-state index in [-0.39, 0.29) is 18.3 Å². The molecule has 0 radical (unpaired) electrons. The molecule has 0 saturated carbocycles. The van der Waals surface area contributed by atoms with Crippen LogP contribution in [-0.2, 0) is 6.54 Å². The zero-order valence-electron chi connectivity index (χ0n) is 13.7. The smallest absolute Gasteiger partial charge is 0.401 e. The summed E-state index contributed by atoms with van der Waals surface area (Å²) in [6.45, 7) is 4.15. The number of carbonyl (C=O) groups excluding carboxylic acids is 1. The standard InChI is InChI=1S/C17H16FN3O4/c1-11-12(2)20-21(7-9-23-14-5-3-4-13(18)10-14)16(11)25-17(22)15-19-6-8-24-15/h3-6,8,10H,7,9H2,1-2H3. The number of nitrogens with zero attached hydrogens (tertiary/aromatic N) is 3. The van der Waals surface area contributed by atoms with E-state index in [1.165, 1.54) is 29.3 Å². The highest BCUT2D eigenvalue weighted by Gasteiger charge is 2.20. The molecule has 0 bridgehead atoms. The summed E-state index contributed by atoms with van der Waals surface area (Å²) < 4.78 is 30.4. The average Bonchev–Trinajstić information content (AvgIpc) is 3.20. The maximum atomic E-state index is 13.1. The van der Waals surface area contributed by atoms with E-state index in [0.717, 1.165) is 11.3 Å². The third-order valence-corrected chi connectivity index (χ3v) is 3.53. The molecule has 0 atom stereocenters. The topological polar surface area (TPSA) is 79.4 Å². The van der Waals surface area contributed by atoms with Crippen LogP contribution in [0.4, 0.5) is 4.39 Å². The average molecular weight is 345 g/mol. The quantitative estimate of drug-likeness (QED) is 0.639. The zero-order chi connectivity index (χ0) is 17.8. The fraction of sp³-hybridized carbons (Fsp3) is 0.235. The fourth-order valence-corrected chi connectivity index (χ4v) is 2.19. The van der Waals surface area contributed by atoms with Gasteiger partial charge in [0.1, 0.15) is 24.4 Å². The summed E-state index contributed by atoms with van der Waals surface area (Å²) >= 11 is 0. The van der Waals surface area contributed by atoms with Crippen molar-refractivity contribution in [2.75, 3.05) is 6.61 Å². The summed E-state index contributed by atoms with van der Waals surface area (Å²) in [7, 11) is 0. The Morgan fingerprint density at radius 1 is 1.36 bits per heavy atom. The molecule has 25 heavy (non-hydrogen) atoms. The van der Waals surface area contributed by atoms with Crippen molar-refractivity contribution in [1.29, 1.82) is 0 Å². The minimum absolute atomic E-state index is 0.138. The van der Waals surface area contributed by atoms with Crippen LogP contribution < -0.4 is 9.47 Å². The monoisotopic (exact) mass is 345 g/mol. The van der Waals surface area contributed by atoms with Crippen molar-refractivity contribution >= 4 is 5.97 Å². The van der Waals surface area contributed by atoms with Crippen LogP contribution in [0.3, 0.4) is 0 Å². The summed E-state index contributed by atoms with van der Waals surface area (Å²) in [5, 5.41) is 4.33. The molecule has 2 heterocycles. The normalized spacial score (nSPS) is 10.7. The number of aryl methyl sites for hydroxylation is 1. The molecule has 0 aliphatic carbocycles. The number of aromatic nitrogens is 3. The molecule has 0 aliphatic heterocycles. The number of ether oxygens (including phenoxy) is 2. The van der Waals surface area contributed by atoms with Gasteiger partial charge in [-0.3, -0.25) is 0 Å². The van der Waals surface area contributed by atoms with Crippen LogP contribution in [0.5, 0.6) is 11.6 Å². The van der Waals surface area contributed by atoms with Crippen molar-refractivity contribution in [3.63, 3.8) is 0 Å². The molecule has 1 aromatic carbocycles. The predicted molar refractivity (Wildman–Crippen MR) is 85.1 cm³/mol. The number of esters is 1. The third-order valence-electron chi connectivity index (χ3n) is 3.53. The lowest BCUT2D eigenvalue weighted by Crippen LogP contribution is -2.16. The molecule has 0 spiro atoms. The summed E-state index contributed by atoms with van der Waals surface area (Å²) in [6, 6.07) is 5.86. The van der Waals surface area contributed by atoms with Gasteiger partial charge < -0.3 is 13.9 Å². The Morgan fingerprint density at radius 2 is 2.20 bits per heavy atom. The lowest BCUT2D eigenvalue weighted by Gasteiger charge is -2.09. The van der Waals surface area contributed by atoms with E-state index in [1.54, 1.807) is 19.1 Å². The summed E-state index contributed by atoms with van der Waals surface area (Å²) in [5.41, 5.74) is 1.45. The Hall–Kier alpha value is -3.16. The van der Waals surface area contributed by atoms with E-state index in [4.69, 9.17) is 13.9 Å². The molecule has 0 fully saturated rings. The molecule has 0 aliphatic rings. The molecular formula is C17H16FN3O4. The van der Waals surface area contributed by atoms with E-state index in [2.05, 4.69) is 10.1 Å². The summed E-state index contributed by atoms with van der Waals surface area (Å²) in [4.78, 5) is 15.8. The second-order valence-electron chi connectivity index (χ2n) is 5.27. The molecule has 2 aromatic heterocycles. The number of benzene rings is 1. The predicted octanol–water partition coefficient (Wildman–Crippen LogP) is 2.93. The van der Waals surface area contributed by atoms with Gasteiger partial charge in [0.05, 0.1) is 18.4 Å². The Kier molecular flexibility index (Phi) is 4.78. The third kappa shape index (κ3) is 3.85. The first-order chi connectivity index (χ1) is 12.0. The molecule has 7 nitrogen and oxygen atoms in total. The first-order valence-corrected chi connectivity index (χ1v) is 7.58. The molecule has 3 rings (SSSR count). The van der Waals surface area contributed by atoms with Crippen LogP contribution >= 0.6 is 0 Å². The van der Waals surface area contributed by atoms with Crippen LogP contribution in [0.15, 0.2) is 41.1 Å². The van der Waals surface area contributed by atoms with E-state index in [9.17, 15) is 9.18 Å². The van der Waals surface area contributed by atoms with Crippen molar-refractivity contribution in [2.45, 2.75) is 20.4 Å². The first kappa shape index (κ1) is 16.7. The summed E-state index contributed by atoms with van der Waals surface area (Å²) in [6.07, 6.45) is 2.65. The van der Waals surface area contributed by atoms with Gasteiger partial charge in [0.15, 0.2) is 0 Å².